The number of fused-ring (bicyclic) bond motifs is 1. The minimum atomic E-state index is -0.319. The molecule has 1 aromatic carbocycles. The molecule has 0 atom stereocenters. The molecule has 66 valence electrons. The van der Waals surface area contributed by atoms with Crippen LogP contribution in [0.25, 0.3) is 6.08 Å². The molecule has 0 radical (unpaired) electrons. The Labute approximate surface area is 79.8 Å². The van der Waals surface area contributed by atoms with Crippen LogP contribution in [0.1, 0.15) is 26.3 Å². The number of benzene rings is 1. The van der Waals surface area contributed by atoms with Crippen molar-refractivity contribution in [3.63, 3.8) is 0 Å². The van der Waals surface area contributed by atoms with E-state index in [1.807, 2.05) is 12.1 Å². The van der Waals surface area contributed by atoms with E-state index in [9.17, 15) is 9.59 Å². The molecule has 2 bridgehead atoms. The molecule has 0 saturated heterocycles. The van der Waals surface area contributed by atoms with Crippen LogP contribution in [-0.2, 0) is 0 Å². The molecule has 0 unspecified atom stereocenters. The number of nitrogens with zero attached hydrogens (tertiary/aromatic N) is 1. The molecular formula is C11H5NO2. The van der Waals surface area contributed by atoms with Crippen molar-refractivity contribution in [2.45, 2.75) is 0 Å². The third-order valence-electron chi connectivity index (χ3n) is 2.43. The molecule has 1 aliphatic carbocycles. The lowest BCUT2D eigenvalue weighted by atomic mass is 9.88. The van der Waals surface area contributed by atoms with E-state index >= 15 is 0 Å². The average Bonchev–Trinajstić information content (AvgIpc) is 2.20. The average molecular weight is 183 g/mol. The molecule has 2 aliphatic rings. The first-order chi connectivity index (χ1) is 6.77. The molecule has 0 aromatic heterocycles. The summed E-state index contributed by atoms with van der Waals surface area (Å²) in [6.45, 7) is 0. The van der Waals surface area contributed by atoms with Crippen molar-refractivity contribution in [3.8, 4) is 0 Å². The van der Waals surface area contributed by atoms with Gasteiger partial charge in [-0.15, -0.1) is 0 Å². The normalized spacial score (nSPS) is 17.0. The van der Waals surface area contributed by atoms with Crippen LogP contribution in [-0.4, -0.2) is 17.4 Å². The molecule has 1 aliphatic heterocycles. The maximum atomic E-state index is 11.7. The van der Waals surface area contributed by atoms with E-state index in [2.05, 4.69) is 4.99 Å². The van der Waals surface area contributed by atoms with Crippen molar-refractivity contribution in [2.75, 3.05) is 0 Å². The van der Waals surface area contributed by atoms with Gasteiger partial charge in [-0.3, -0.25) is 9.59 Å². The molecule has 1 amide bonds. The lowest BCUT2D eigenvalue weighted by Gasteiger charge is -2.17. The summed E-state index contributed by atoms with van der Waals surface area (Å²) in [5.74, 6) is -0.460. The van der Waals surface area contributed by atoms with Gasteiger partial charge < -0.3 is 0 Å². The zero-order valence-corrected chi connectivity index (χ0v) is 7.15. The standard InChI is InChI=1S/C11H5NO2/c13-10-8-5-4-6-2-1-3-7(9(6)10)11(14)12-8/h1-5H. The summed E-state index contributed by atoms with van der Waals surface area (Å²) in [6, 6.07) is 5.22. The van der Waals surface area contributed by atoms with Crippen molar-refractivity contribution in [1.29, 1.82) is 0 Å². The summed E-state index contributed by atoms with van der Waals surface area (Å²) in [5, 5.41) is 0. The SMILES string of the molecule is O=C1N=C2C=Cc3cccc1c3C2=O. The zero-order chi connectivity index (χ0) is 9.71. The Hall–Kier alpha value is -2.03. The van der Waals surface area contributed by atoms with Crippen LogP contribution in [0.5, 0.6) is 0 Å². The van der Waals surface area contributed by atoms with E-state index in [-0.39, 0.29) is 17.4 Å². The van der Waals surface area contributed by atoms with Gasteiger partial charge in [0.25, 0.3) is 5.91 Å². The van der Waals surface area contributed by atoms with Crippen molar-refractivity contribution in [2.24, 2.45) is 4.99 Å². The summed E-state index contributed by atoms with van der Waals surface area (Å²) in [7, 11) is 0. The monoisotopic (exact) mass is 183 g/mol. The minimum absolute atomic E-state index is 0.141. The van der Waals surface area contributed by atoms with Gasteiger partial charge in [0, 0.05) is 5.56 Å². The van der Waals surface area contributed by atoms with Gasteiger partial charge >= 0.3 is 0 Å². The van der Waals surface area contributed by atoms with E-state index in [4.69, 9.17) is 0 Å². The topological polar surface area (TPSA) is 46.5 Å². The highest BCUT2D eigenvalue weighted by Gasteiger charge is 2.29. The summed E-state index contributed by atoms with van der Waals surface area (Å²) in [4.78, 5) is 26.9. The largest absolute Gasteiger partial charge is 0.287 e. The zero-order valence-electron chi connectivity index (χ0n) is 7.15. The number of ketones is 1. The predicted octanol–water partition coefficient (Wildman–Crippen LogP) is 1.49. The number of carbonyl (C=O) groups excluding carboxylic acids is 2. The van der Waals surface area contributed by atoms with Gasteiger partial charge in [-0.05, 0) is 17.7 Å². The molecule has 3 rings (SSSR count). The predicted molar refractivity (Wildman–Crippen MR) is 51.6 cm³/mol. The van der Waals surface area contributed by atoms with Crippen molar-refractivity contribution >= 4 is 23.5 Å². The molecule has 1 heterocycles. The Morgan fingerprint density at radius 1 is 1.07 bits per heavy atom. The maximum absolute atomic E-state index is 11.7. The van der Waals surface area contributed by atoms with Crippen LogP contribution in [0.3, 0.4) is 0 Å². The van der Waals surface area contributed by atoms with Crippen LogP contribution in [0, 0.1) is 0 Å². The van der Waals surface area contributed by atoms with Gasteiger partial charge in [0.05, 0.1) is 5.56 Å². The number of hydrogen-bond donors (Lipinski definition) is 0. The summed E-state index contributed by atoms with van der Waals surface area (Å²) < 4.78 is 0. The highest BCUT2D eigenvalue weighted by Crippen LogP contribution is 2.26. The third kappa shape index (κ3) is 0.738. The second kappa shape index (κ2) is 2.26. The molecule has 1 aromatic rings. The number of amides is 1. The van der Waals surface area contributed by atoms with Gasteiger partial charge in [0.1, 0.15) is 5.71 Å². The Morgan fingerprint density at radius 2 is 1.93 bits per heavy atom. The van der Waals surface area contributed by atoms with Gasteiger partial charge in [-0.1, -0.05) is 18.2 Å². The number of Topliss-reactive ketones (excluding diaryl/α,β-unsaturated/α-hetero) is 1. The van der Waals surface area contributed by atoms with Crippen LogP contribution in [0.15, 0.2) is 29.3 Å². The Kier molecular flexibility index (Phi) is 1.19. The first-order valence-electron chi connectivity index (χ1n) is 4.26. The fourth-order valence-electron chi connectivity index (χ4n) is 1.77. The van der Waals surface area contributed by atoms with Crippen LogP contribution in [0.4, 0.5) is 0 Å². The van der Waals surface area contributed by atoms with E-state index in [1.165, 1.54) is 0 Å². The lowest BCUT2D eigenvalue weighted by molar-refractivity contribution is 0.0974. The number of rotatable bonds is 0. The van der Waals surface area contributed by atoms with Gasteiger partial charge in [-0.25, -0.2) is 4.99 Å². The van der Waals surface area contributed by atoms with Crippen LogP contribution < -0.4 is 0 Å². The molecule has 3 heteroatoms. The Morgan fingerprint density at radius 3 is 2.79 bits per heavy atom. The maximum Gasteiger partial charge on any atom is 0.278 e. The fourth-order valence-corrected chi connectivity index (χ4v) is 1.77. The molecule has 14 heavy (non-hydrogen) atoms. The van der Waals surface area contributed by atoms with Crippen LogP contribution in [0.2, 0.25) is 0 Å². The molecule has 3 nitrogen and oxygen atoms in total. The number of hydrogen-bond acceptors (Lipinski definition) is 2. The van der Waals surface area contributed by atoms with Crippen molar-refractivity contribution < 1.29 is 9.59 Å². The lowest BCUT2D eigenvalue weighted by Crippen LogP contribution is -2.26. The number of carbonyl (C=O) groups is 2. The molecular weight excluding hydrogens is 178 g/mol. The molecule has 0 saturated carbocycles. The molecule has 0 N–H and O–H groups in total. The fraction of sp³-hybridized carbons (Fsp3) is 0. The summed E-state index contributed by atoms with van der Waals surface area (Å²) >= 11 is 0. The summed E-state index contributed by atoms with van der Waals surface area (Å²) in [5.41, 5.74) is 1.98. The Bertz CT molecular complexity index is 538. The second-order valence-electron chi connectivity index (χ2n) is 3.23. The van der Waals surface area contributed by atoms with Gasteiger partial charge in [0.2, 0.25) is 5.78 Å². The van der Waals surface area contributed by atoms with E-state index in [0.29, 0.717) is 11.1 Å². The Balaban J connectivity index is 2.50. The minimum Gasteiger partial charge on any atom is -0.287 e. The quantitative estimate of drug-likeness (QED) is 0.611. The highest BCUT2D eigenvalue weighted by atomic mass is 16.2. The van der Waals surface area contributed by atoms with Crippen molar-refractivity contribution in [1.82, 2.24) is 0 Å². The smallest absolute Gasteiger partial charge is 0.278 e. The molecule has 0 spiro atoms. The molecule has 0 fully saturated rings. The van der Waals surface area contributed by atoms with Crippen molar-refractivity contribution in [3.05, 3.63) is 41.0 Å². The first kappa shape index (κ1) is 7.38. The van der Waals surface area contributed by atoms with Crippen LogP contribution >= 0.6 is 0 Å². The van der Waals surface area contributed by atoms with Gasteiger partial charge in [-0.2, -0.15) is 0 Å². The third-order valence-corrected chi connectivity index (χ3v) is 2.43. The number of aliphatic imine (C=N–C) groups is 1. The van der Waals surface area contributed by atoms with E-state index in [1.54, 1.807) is 18.2 Å². The highest BCUT2D eigenvalue weighted by molar-refractivity contribution is 6.56. The van der Waals surface area contributed by atoms with E-state index < -0.39 is 0 Å². The van der Waals surface area contributed by atoms with Gasteiger partial charge in [0.15, 0.2) is 0 Å². The number of allylic oxidation sites excluding steroid dienone is 1. The van der Waals surface area contributed by atoms with E-state index in [0.717, 1.165) is 5.56 Å². The summed E-state index contributed by atoms with van der Waals surface area (Å²) in [6.07, 6.45) is 3.40. The second-order valence-corrected chi connectivity index (χ2v) is 3.23. The first-order valence-corrected chi connectivity index (χ1v) is 4.26.